The van der Waals surface area contributed by atoms with Crippen LogP contribution >= 0.6 is 11.3 Å². The van der Waals surface area contributed by atoms with Crippen molar-refractivity contribution in [3.8, 4) is 0 Å². The summed E-state index contributed by atoms with van der Waals surface area (Å²) in [4.78, 5) is 4.19. The van der Waals surface area contributed by atoms with Crippen molar-refractivity contribution in [3.05, 3.63) is 184 Å². The number of hydrogen-bond acceptors (Lipinski definition) is 2. The predicted molar refractivity (Wildman–Crippen MR) is 217 cm³/mol. The monoisotopic (exact) mass is 674 g/mol. The van der Waals surface area contributed by atoms with E-state index < -0.39 is 0 Å². The van der Waals surface area contributed by atoms with Gasteiger partial charge in [0.25, 0.3) is 0 Å². The molecular formula is C48H38N2S. The molecule has 3 heteroatoms. The molecule has 246 valence electrons. The molecule has 4 aliphatic carbocycles. The first-order valence-electron chi connectivity index (χ1n) is 18.6. The summed E-state index contributed by atoms with van der Waals surface area (Å²) < 4.78 is 3.97. The lowest BCUT2D eigenvalue weighted by Crippen LogP contribution is -2.33. The van der Waals surface area contributed by atoms with Gasteiger partial charge in [0.2, 0.25) is 0 Å². The largest absolute Gasteiger partial charge is 0.337 e. The molecule has 0 bridgehead atoms. The number of para-hydroxylation sites is 2. The maximum absolute atomic E-state index is 2.67. The van der Waals surface area contributed by atoms with Crippen LogP contribution in [0.15, 0.2) is 163 Å². The highest BCUT2D eigenvalue weighted by molar-refractivity contribution is 7.19. The van der Waals surface area contributed by atoms with E-state index in [1.807, 2.05) is 11.3 Å². The van der Waals surface area contributed by atoms with Crippen LogP contribution in [0, 0.1) is 0 Å². The van der Waals surface area contributed by atoms with E-state index in [0.717, 1.165) is 32.1 Å². The molecule has 3 heterocycles. The number of thiophene rings is 1. The molecule has 0 fully saturated rings. The van der Waals surface area contributed by atoms with E-state index in [1.165, 1.54) is 81.6 Å². The Hall–Kier alpha value is -5.38. The van der Waals surface area contributed by atoms with Gasteiger partial charge in [-0.1, -0.05) is 115 Å². The summed E-state index contributed by atoms with van der Waals surface area (Å²) in [5.74, 6) is 0.341. The van der Waals surface area contributed by atoms with Crippen LogP contribution in [0.4, 0.5) is 5.69 Å². The van der Waals surface area contributed by atoms with E-state index in [0.29, 0.717) is 12.0 Å². The Morgan fingerprint density at radius 3 is 2.47 bits per heavy atom. The average Bonchev–Trinajstić information content (AvgIpc) is 3.85. The van der Waals surface area contributed by atoms with Crippen molar-refractivity contribution < 1.29 is 0 Å². The van der Waals surface area contributed by atoms with Crippen LogP contribution in [0.25, 0.3) is 43.5 Å². The lowest BCUT2D eigenvalue weighted by Gasteiger charge is -2.33. The van der Waals surface area contributed by atoms with Crippen LogP contribution in [0.1, 0.15) is 59.2 Å². The molecule has 2 nitrogen and oxygen atoms in total. The van der Waals surface area contributed by atoms with Gasteiger partial charge in [0.15, 0.2) is 0 Å². The van der Waals surface area contributed by atoms with Gasteiger partial charge in [-0.15, -0.1) is 11.3 Å². The van der Waals surface area contributed by atoms with Gasteiger partial charge in [-0.25, -0.2) is 0 Å². The molecule has 6 aromatic rings. The first-order chi connectivity index (χ1) is 25.3. The zero-order valence-corrected chi connectivity index (χ0v) is 29.3. The number of anilines is 1. The Morgan fingerprint density at radius 2 is 1.57 bits per heavy atom. The molecule has 2 aromatic heterocycles. The zero-order valence-electron chi connectivity index (χ0n) is 28.5. The van der Waals surface area contributed by atoms with Gasteiger partial charge in [-0.05, 0) is 102 Å². The van der Waals surface area contributed by atoms with Crippen LogP contribution in [0.3, 0.4) is 0 Å². The molecule has 0 N–H and O–H groups in total. The van der Waals surface area contributed by atoms with Crippen LogP contribution in [0.2, 0.25) is 0 Å². The Morgan fingerprint density at radius 1 is 0.725 bits per heavy atom. The van der Waals surface area contributed by atoms with Crippen LogP contribution < -0.4 is 4.90 Å². The van der Waals surface area contributed by atoms with Crippen LogP contribution in [-0.4, -0.2) is 10.6 Å². The fourth-order valence-electron chi connectivity index (χ4n) is 9.43. The van der Waals surface area contributed by atoms with Gasteiger partial charge in [0.1, 0.15) is 0 Å². The van der Waals surface area contributed by atoms with E-state index in [1.54, 1.807) is 0 Å². The van der Waals surface area contributed by atoms with Crippen molar-refractivity contribution in [3.63, 3.8) is 0 Å². The summed E-state index contributed by atoms with van der Waals surface area (Å²) in [7, 11) is 0. The van der Waals surface area contributed by atoms with Gasteiger partial charge in [-0.3, -0.25) is 0 Å². The number of fused-ring (bicyclic) bond motifs is 9. The van der Waals surface area contributed by atoms with E-state index in [-0.39, 0.29) is 6.04 Å². The molecule has 11 rings (SSSR count). The zero-order chi connectivity index (χ0) is 33.5. The Kier molecular flexibility index (Phi) is 6.67. The molecule has 5 aliphatic rings. The lowest BCUT2D eigenvalue weighted by molar-refractivity contribution is 0.644. The summed E-state index contributed by atoms with van der Waals surface area (Å²) in [5.41, 5.74) is 13.7. The van der Waals surface area contributed by atoms with Gasteiger partial charge < -0.3 is 9.47 Å². The van der Waals surface area contributed by atoms with Crippen molar-refractivity contribution in [1.29, 1.82) is 0 Å². The minimum absolute atomic E-state index is 0.250. The second-order valence-electron chi connectivity index (χ2n) is 14.6. The number of hydrogen-bond donors (Lipinski definition) is 0. The fraction of sp³-hybridized carbons (Fsp3) is 0.167. The number of aromatic nitrogens is 1. The van der Waals surface area contributed by atoms with E-state index >= 15 is 0 Å². The highest BCUT2D eigenvalue weighted by Gasteiger charge is 2.39. The number of aryl methyl sites for hydroxylation is 1. The van der Waals surface area contributed by atoms with Gasteiger partial charge in [0.05, 0.1) is 12.1 Å². The third-order valence-corrected chi connectivity index (χ3v) is 13.1. The Bertz CT molecular complexity index is 2650. The summed E-state index contributed by atoms with van der Waals surface area (Å²) >= 11 is 1.97. The van der Waals surface area contributed by atoms with Gasteiger partial charge in [-0.2, -0.15) is 0 Å². The quantitative estimate of drug-likeness (QED) is 0.181. The summed E-state index contributed by atoms with van der Waals surface area (Å²) in [6.45, 7) is 0. The standard InChI is InChI=1S/C48H38N2S/c1-2-10-31(11-3-1)32-18-22-35(23-19-32)49-44-16-8-5-13-38(44)41-28-33(21-26-45(41)49)34-20-25-39-37-12-4-7-15-43(37)50(46(39)29-34)36-24-27-48-42(30-36)40-14-6-9-17-47(40)51-48/h1-2,4-10,12-22,25-26,28-30,35,39,46H,3,11,23-24,27H2. The average molecular weight is 675 g/mol. The third kappa shape index (κ3) is 4.61. The SMILES string of the molecule is C1=CCCC(C2=CCC(n3c4ccccc4c4cc(C5=CC6C(C=C5)c5ccccc5N6C5=Cc6c(sc7ccccc67)CC5)ccc43)C=C2)=C1. The topological polar surface area (TPSA) is 8.17 Å². The molecule has 3 atom stereocenters. The molecule has 0 amide bonds. The first-order valence-corrected chi connectivity index (χ1v) is 19.4. The second kappa shape index (κ2) is 11.6. The maximum Gasteiger partial charge on any atom is 0.0632 e. The first kappa shape index (κ1) is 29.4. The smallest absolute Gasteiger partial charge is 0.0632 e. The molecule has 1 aliphatic heterocycles. The highest BCUT2D eigenvalue weighted by Crippen LogP contribution is 2.50. The van der Waals surface area contributed by atoms with Crippen LogP contribution in [-0.2, 0) is 6.42 Å². The Balaban J connectivity index is 0.979. The van der Waals surface area contributed by atoms with Crippen molar-refractivity contribution in [1.82, 2.24) is 4.57 Å². The number of allylic oxidation sites excluding steroid dienone is 11. The molecule has 0 saturated carbocycles. The van der Waals surface area contributed by atoms with Gasteiger partial charge in [0, 0.05) is 54.1 Å². The minimum Gasteiger partial charge on any atom is -0.337 e. The van der Waals surface area contributed by atoms with E-state index in [2.05, 4.69) is 161 Å². The number of nitrogens with zero attached hydrogens (tertiary/aromatic N) is 2. The van der Waals surface area contributed by atoms with E-state index in [4.69, 9.17) is 0 Å². The molecule has 0 saturated heterocycles. The normalized spacial score (nSPS) is 22.1. The molecule has 51 heavy (non-hydrogen) atoms. The van der Waals surface area contributed by atoms with Crippen LogP contribution in [0.5, 0.6) is 0 Å². The fourth-order valence-corrected chi connectivity index (χ4v) is 10.6. The summed E-state index contributed by atoms with van der Waals surface area (Å²) in [6.07, 6.45) is 29.4. The molecule has 0 spiro atoms. The lowest BCUT2D eigenvalue weighted by atomic mass is 9.86. The highest BCUT2D eigenvalue weighted by atomic mass is 32.1. The molecular weight excluding hydrogens is 637 g/mol. The minimum atomic E-state index is 0.250. The van der Waals surface area contributed by atoms with Crippen molar-refractivity contribution in [2.45, 2.75) is 50.1 Å². The van der Waals surface area contributed by atoms with Crippen molar-refractivity contribution in [2.24, 2.45) is 0 Å². The Labute approximate surface area is 303 Å². The molecule has 4 aromatic carbocycles. The van der Waals surface area contributed by atoms with Crippen molar-refractivity contribution >= 4 is 60.6 Å². The van der Waals surface area contributed by atoms with Crippen molar-refractivity contribution in [2.75, 3.05) is 4.90 Å². The maximum atomic E-state index is 2.67. The summed E-state index contributed by atoms with van der Waals surface area (Å²) in [6, 6.07) is 34.7. The van der Waals surface area contributed by atoms with Gasteiger partial charge >= 0.3 is 0 Å². The molecule has 0 radical (unpaired) electrons. The number of benzene rings is 4. The third-order valence-electron chi connectivity index (χ3n) is 11.8. The second-order valence-corrected chi connectivity index (χ2v) is 15.7. The predicted octanol–water partition coefficient (Wildman–Crippen LogP) is 12.6. The summed E-state index contributed by atoms with van der Waals surface area (Å²) in [5, 5.41) is 4.06. The molecule has 3 unspecified atom stereocenters. The number of rotatable bonds is 4. The van der Waals surface area contributed by atoms with E-state index in [9.17, 15) is 0 Å².